The summed E-state index contributed by atoms with van der Waals surface area (Å²) >= 11 is 0. The van der Waals surface area contributed by atoms with Crippen molar-refractivity contribution >= 4 is 11.6 Å². The van der Waals surface area contributed by atoms with Gasteiger partial charge in [-0.3, -0.25) is 9.59 Å². The minimum absolute atomic E-state index is 0.0470. The van der Waals surface area contributed by atoms with Crippen LogP contribution in [0.4, 0.5) is 10.1 Å². The summed E-state index contributed by atoms with van der Waals surface area (Å²) in [7, 11) is 3.01. The van der Waals surface area contributed by atoms with E-state index in [2.05, 4.69) is 10.4 Å². The Kier molecular flexibility index (Phi) is 5.69. The SMILES string of the molecule is COc1ccc(NC(=O)c2ccc(=O)n(Cc3cccc(F)c3)n2)cc1OC. The topological polar surface area (TPSA) is 82.5 Å². The van der Waals surface area contributed by atoms with Crippen molar-refractivity contribution in [2.24, 2.45) is 0 Å². The van der Waals surface area contributed by atoms with E-state index in [1.54, 1.807) is 30.3 Å². The fourth-order valence-electron chi connectivity index (χ4n) is 2.60. The molecule has 0 radical (unpaired) electrons. The van der Waals surface area contributed by atoms with Crippen molar-refractivity contribution in [3.8, 4) is 11.5 Å². The summed E-state index contributed by atoms with van der Waals surface area (Å²) in [6, 6.07) is 13.3. The average Bonchev–Trinajstić information content (AvgIpc) is 2.69. The molecule has 8 heteroatoms. The third-order valence-corrected chi connectivity index (χ3v) is 3.96. The summed E-state index contributed by atoms with van der Waals surface area (Å²) in [5, 5.41) is 6.77. The molecule has 1 N–H and O–H groups in total. The summed E-state index contributed by atoms with van der Waals surface area (Å²) in [4.78, 5) is 24.6. The Morgan fingerprint density at radius 2 is 1.86 bits per heavy atom. The Balaban J connectivity index is 1.82. The van der Waals surface area contributed by atoms with E-state index < -0.39 is 17.3 Å². The molecule has 1 amide bonds. The zero-order valence-electron chi connectivity index (χ0n) is 15.3. The largest absolute Gasteiger partial charge is 0.493 e. The molecular weight excluding hydrogens is 365 g/mol. The van der Waals surface area contributed by atoms with E-state index in [1.807, 2.05) is 0 Å². The first-order valence-corrected chi connectivity index (χ1v) is 8.36. The number of nitrogens with one attached hydrogen (secondary N) is 1. The predicted molar refractivity (Wildman–Crippen MR) is 101 cm³/mol. The van der Waals surface area contributed by atoms with E-state index in [4.69, 9.17) is 9.47 Å². The number of hydrogen-bond acceptors (Lipinski definition) is 5. The minimum atomic E-state index is -0.500. The Hall–Kier alpha value is -3.68. The monoisotopic (exact) mass is 383 g/mol. The van der Waals surface area contributed by atoms with Crippen LogP contribution in [-0.4, -0.2) is 29.9 Å². The first-order chi connectivity index (χ1) is 13.5. The molecule has 0 atom stereocenters. The van der Waals surface area contributed by atoms with Crippen LogP contribution in [0.15, 0.2) is 59.4 Å². The second-order valence-corrected chi connectivity index (χ2v) is 5.87. The Morgan fingerprint density at radius 1 is 1.07 bits per heavy atom. The van der Waals surface area contributed by atoms with E-state index in [0.717, 1.165) is 4.68 Å². The van der Waals surface area contributed by atoms with Gasteiger partial charge in [-0.2, -0.15) is 5.10 Å². The van der Waals surface area contributed by atoms with Crippen LogP contribution in [0.1, 0.15) is 16.1 Å². The Morgan fingerprint density at radius 3 is 2.57 bits per heavy atom. The van der Waals surface area contributed by atoms with Crippen molar-refractivity contribution in [1.29, 1.82) is 0 Å². The number of methoxy groups -OCH3 is 2. The molecule has 1 heterocycles. The van der Waals surface area contributed by atoms with Crippen molar-refractivity contribution in [2.75, 3.05) is 19.5 Å². The zero-order chi connectivity index (χ0) is 20.1. The van der Waals surface area contributed by atoms with Crippen molar-refractivity contribution in [1.82, 2.24) is 9.78 Å². The number of anilines is 1. The fourth-order valence-corrected chi connectivity index (χ4v) is 2.60. The number of carbonyl (C=O) groups excluding carboxylic acids is 1. The highest BCUT2D eigenvalue weighted by Gasteiger charge is 2.12. The number of amides is 1. The standard InChI is InChI=1S/C20H18FN3O4/c1-27-17-8-6-15(11-18(17)28-2)22-20(26)16-7-9-19(25)24(23-16)12-13-4-3-5-14(21)10-13/h3-11H,12H2,1-2H3,(H,22,26). The van der Waals surface area contributed by atoms with Crippen LogP contribution >= 0.6 is 0 Å². The number of benzene rings is 2. The summed E-state index contributed by atoms with van der Waals surface area (Å²) in [5.41, 5.74) is 0.692. The van der Waals surface area contributed by atoms with Crippen molar-refractivity contribution in [2.45, 2.75) is 6.54 Å². The van der Waals surface area contributed by atoms with Crippen molar-refractivity contribution in [3.63, 3.8) is 0 Å². The second-order valence-electron chi connectivity index (χ2n) is 5.87. The highest BCUT2D eigenvalue weighted by Crippen LogP contribution is 2.29. The van der Waals surface area contributed by atoms with E-state index >= 15 is 0 Å². The van der Waals surface area contributed by atoms with Gasteiger partial charge < -0.3 is 14.8 Å². The van der Waals surface area contributed by atoms with Gasteiger partial charge in [0.05, 0.1) is 20.8 Å². The Bertz CT molecular complexity index is 1070. The molecular formula is C20H18FN3O4. The maximum Gasteiger partial charge on any atom is 0.276 e. The Labute approximate surface area is 160 Å². The normalized spacial score (nSPS) is 10.4. The lowest BCUT2D eigenvalue weighted by Crippen LogP contribution is -2.26. The van der Waals surface area contributed by atoms with Crippen LogP contribution < -0.4 is 20.3 Å². The smallest absolute Gasteiger partial charge is 0.276 e. The molecule has 0 fully saturated rings. The average molecular weight is 383 g/mol. The lowest BCUT2D eigenvalue weighted by molar-refractivity contribution is 0.102. The molecule has 3 rings (SSSR count). The highest BCUT2D eigenvalue weighted by molar-refractivity contribution is 6.02. The number of hydrogen-bond donors (Lipinski definition) is 1. The van der Waals surface area contributed by atoms with Crippen LogP contribution in [-0.2, 0) is 6.54 Å². The van der Waals surface area contributed by atoms with E-state index in [-0.39, 0.29) is 12.2 Å². The van der Waals surface area contributed by atoms with Gasteiger partial charge in [-0.15, -0.1) is 0 Å². The molecule has 144 valence electrons. The third-order valence-electron chi connectivity index (χ3n) is 3.96. The van der Waals surface area contributed by atoms with Gasteiger partial charge in [-0.25, -0.2) is 9.07 Å². The maximum absolute atomic E-state index is 13.3. The van der Waals surface area contributed by atoms with Gasteiger partial charge in [0.15, 0.2) is 11.5 Å². The molecule has 0 aliphatic carbocycles. The van der Waals surface area contributed by atoms with Crippen molar-refractivity contribution < 1.29 is 18.7 Å². The molecule has 0 saturated heterocycles. The summed E-state index contributed by atoms with van der Waals surface area (Å²) in [5.74, 6) is 0.0831. The van der Waals surface area contributed by atoms with Gasteiger partial charge in [0, 0.05) is 17.8 Å². The summed E-state index contributed by atoms with van der Waals surface area (Å²) in [6.45, 7) is 0.0497. The van der Waals surface area contributed by atoms with Crippen LogP contribution in [0.2, 0.25) is 0 Å². The number of aromatic nitrogens is 2. The maximum atomic E-state index is 13.3. The van der Waals surface area contributed by atoms with Crippen molar-refractivity contribution in [3.05, 3.63) is 82.0 Å². The van der Waals surface area contributed by atoms with Gasteiger partial charge in [0.25, 0.3) is 11.5 Å². The number of carbonyl (C=O) groups is 1. The van der Waals surface area contributed by atoms with Gasteiger partial charge >= 0.3 is 0 Å². The molecule has 28 heavy (non-hydrogen) atoms. The number of ether oxygens (including phenoxy) is 2. The molecule has 0 bridgehead atoms. The molecule has 1 aromatic heterocycles. The van der Waals surface area contributed by atoms with Gasteiger partial charge in [-0.05, 0) is 35.9 Å². The zero-order valence-corrected chi connectivity index (χ0v) is 15.3. The lowest BCUT2D eigenvalue weighted by atomic mass is 10.2. The first kappa shape index (κ1) is 19.1. The van der Waals surface area contributed by atoms with Crippen LogP contribution in [0, 0.1) is 5.82 Å². The van der Waals surface area contributed by atoms with Gasteiger partial charge in [0.1, 0.15) is 11.5 Å². The first-order valence-electron chi connectivity index (χ1n) is 8.36. The molecule has 3 aromatic rings. The van der Waals surface area contributed by atoms with Gasteiger partial charge in [-0.1, -0.05) is 12.1 Å². The molecule has 0 unspecified atom stereocenters. The molecule has 0 aliphatic rings. The minimum Gasteiger partial charge on any atom is -0.493 e. The third kappa shape index (κ3) is 4.35. The molecule has 7 nitrogen and oxygen atoms in total. The van der Waals surface area contributed by atoms with E-state index in [1.165, 1.54) is 38.5 Å². The van der Waals surface area contributed by atoms with Crippen LogP contribution in [0.5, 0.6) is 11.5 Å². The van der Waals surface area contributed by atoms with E-state index in [0.29, 0.717) is 22.7 Å². The number of halogens is 1. The molecule has 0 aliphatic heterocycles. The predicted octanol–water partition coefficient (Wildman–Crippen LogP) is 2.70. The number of rotatable bonds is 6. The van der Waals surface area contributed by atoms with Gasteiger partial charge in [0.2, 0.25) is 0 Å². The highest BCUT2D eigenvalue weighted by atomic mass is 19.1. The van der Waals surface area contributed by atoms with E-state index in [9.17, 15) is 14.0 Å². The number of nitrogens with zero attached hydrogens (tertiary/aromatic N) is 2. The lowest BCUT2D eigenvalue weighted by Gasteiger charge is -2.11. The quantitative estimate of drug-likeness (QED) is 0.708. The molecule has 0 spiro atoms. The molecule has 0 saturated carbocycles. The van der Waals surface area contributed by atoms with Crippen LogP contribution in [0.25, 0.3) is 0 Å². The second kappa shape index (κ2) is 8.34. The summed E-state index contributed by atoms with van der Waals surface area (Å²) < 4.78 is 24.8. The fraction of sp³-hybridized carbons (Fsp3) is 0.150. The summed E-state index contributed by atoms with van der Waals surface area (Å²) in [6.07, 6.45) is 0. The van der Waals surface area contributed by atoms with Crippen LogP contribution in [0.3, 0.4) is 0 Å². The molecule has 2 aromatic carbocycles.